The van der Waals surface area contributed by atoms with E-state index >= 15 is 0 Å². The molecule has 0 atom stereocenters. The largest absolute Gasteiger partial charge is 0.464 e. The van der Waals surface area contributed by atoms with E-state index in [9.17, 15) is 0 Å². The minimum atomic E-state index is 0.441. The van der Waals surface area contributed by atoms with Gasteiger partial charge in [-0.1, -0.05) is 36.4 Å². The molecule has 17 heavy (non-hydrogen) atoms. The third-order valence-corrected chi connectivity index (χ3v) is 2.73. The molecule has 2 aromatic carbocycles. The molecule has 3 nitrogen and oxygen atoms in total. The summed E-state index contributed by atoms with van der Waals surface area (Å²) < 4.78 is 5.34. The first-order valence-electron chi connectivity index (χ1n) is 5.66. The summed E-state index contributed by atoms with van der Waals surface area (Å²) in [6, 6.07) is 12.8. The molecule has 0 aliphatic heterocycles. The summed E-state index contributed by atoms with van der Waals surface area (Å²) in [5.41, 5.74) is 0.946. The minimum absolute atomic E-state index is 0.441. The maximum Gasteiger partial charge on any atom is 0.316 e. The molecule has 1 aromatic heterocycles. The molecular formula is C14H12N2O. The summed E-state index contributed by atoms with van der Waals surface area (Å²) in [7, 11) is 0. The van der Waals surface area contributed by atoms with Crippen molar-refractivity contribution < 1.29 is 4.74 Å². The fourth-order valence-electron chi connectivity index (χ4n) is 1.95. The number of ether oxygens (including phenoxy) is 1. The van der Waals surface area contributed by atoms with Crippen molar-refractivity contribution in [3.8, 4) is 6.01 Å². The molecule has 0 bridgehead atoms. The van der Waals surface area contributed by atoms with Gasteiger partial charge in [-0.15, -0.1) is 0 Å². The normalized spacial score (nSPS) is 10.9. The van der Waals surface area contributed by atoms with Gasteiger partial charge in [0.2, 0.25) is 0 Å². The fraction of sp³-hybridized carbons (Fsp3) is 0.143. The molecule has 84 valence electrons. The highest BCUT2D eigenvalue weighted by Crippen LogP contribution is 2.24. The van der Waals surface area contributed by atoms with E-state index in [-0.39, 0.29) is 0 Å². The van der Waals surface area contributed by atoms with Gasteiger partial charge < -0.3 is 4.74 Å². The quantitative estimate of drug-likeness (QED) is 0.627. The lowest BCUT2D eigenvalue weighted by Gasteiger charge is -2.05. The Balaban J connectivity index is 2.34. The first-order valence-corrected chi connectivity index (χ1v) is 5.66. The average Bonchev–Trinajstić information content (AvgIpc) is 2.39. The maximum atomic E-state index is 5.34. The van der Waals surface area contributed by atoms with Crippen LogP contribution in [0.4, 0.5) is 0 Å². The molecule has 0 N–H and O–H groups in total. The van der Waals surface area contributed by atoms with Gasteiger partial charge in [-0.25, -0.2) is 4.98 Å². The third-order valence-electron chi connectivity index (χ3n) is 2.73. The molecule has 0 unspecified atom stereocenters. The third kappa shape index (κ3) is 1.69. The predicted octanol–water partition coefficient (Wildman–Crippen LogP) is 3.18. The number of aromatic nitrogens is 2. The van der Waals surface area contributed by atoms with E-state index < -0.39 is 0 Å². The highest BCUT2D eigenvalue weighted by molar-refractivity contribution is 6.04. The molecule has 0 aliphatic rings. The van der Waals surface area contributed by atoms with Crippen molar-refractivity contribution in [1.82, 2.24) is 9.97 Å². The van der Waals surface area contributed by atoms with Crippen molar-refractivity contribution in [1.29, 1.82) is 0 Å². The van der Waals surface area contributed by atoms with E-state index in [4.69, 9.17) is 4.74 Å². The van der Waals surface area contributed by atoms with E-state index in [1.807, 2.05) is 25.1 Å². The van der Waals surface area contributed by atoms with Crippen LogP contribution in [0.3, 0.4) is 0 Å². The molecule has 1 heterocycles. The lowest BCUT2D eigenvalue weighted by Crippen LogP contribution is -1.97. The van der Waals surface area contributed by atoms with Crippen LogP contribution in [0, 0.1) is 0 Å². The van der Waals surface area contributed by atoms with Crippen molar-refractivity contribution in [2.24, 2.45) is 0 Å². The van der Waals surface area contributed by atoms with Crippen LogP contribution in [0.5, 0.6) is 6.01 Å². The Bertz CT molecular complexity index is 679. The van der Waals surface area contributed by atoms with Gasteiger partial charge in [-0.3, -0.25) is 0 Å². The van der Waals surface area contributed by atoms with Gasteiger partial charge in [0.15, 0.2) is 0 Å². The van der Waals surface area contributed by atoms with Crippen molar-refractivity contribution in [3.63, 3.8) is 0 Å². The van der Waals surface area contributed by atoms with Gasteiger partial charge in [-0.2, -0.15) is 4.98 Å². The summed E-state index contributed by atoms with van der Waals surface area (Å²) in [6.07, 6.45) is 1.81. The molecule has 3 rings (SSSR count). The average molecular weight is 224 g/mol. The monoisotopic (exact) mass is 224 g/mol. The summed E-state index contributed by atoms with van der Waals surface area (Å²) in [4.78, 5) is 8.63. The fourth-order valence-corrected chi connectivity index (χ4v) is 1.95. The summed E-state index contributed by atoms with van der Waals surface area (Å²) >= 11 is 0. The second-order valence-corrected chi connectivity index (χ2v) is 3.81. The van der Waals surface area contributed by atoms with E-state index in [1.165, 1.54) is 5.39 Å². The lowest BCUT2D eigenvalue weighted by molar-refractivity contribution is 0.314. The standard InChI is InChI=1S/C14H12N2O/c1-2-17-14-15-9-11-8-7-10-5-3-4-6-12(10)13(11)16-14/h3-9H,2H2,1H3. The SMILES string of the molecule is CCOc1ncc2ccc3ccccc3c2n1. The molecule has 0 aliphatic carbocycles. The smallest absolute Gasteiger partial charge is 0.316 e. The molecule has 3 heteroatoms. The highest BCUT2D eigenvalue weighted by atomic mass is 16.5. The molecule has 0 fully saturated rings. The van der Waals surface area contributed by atoms with Gasteiger partial charge in [0.1, 0.15) is 0 Å². The number of hydrogen-bond acceptors (Lipinski definition) is 3. The first-order chi connectivity index (χ1) is 8.38. The zero-order valence-electron chi connectivity index (χ0n) is 9.55. The molecule has 0 spiro atoms. The second kappa shape index (κ2) is 4.01. The number of fused-ring (bicyclic) bond motifs is 3. The Morgan fingerprint density at radius 1 is 1.06 bits per heavy atom. The number of benzene rings is 2. The van der Waals surface area contributed by atoms with Crippen LogP contribution >= 0.6 is 0 Å². The van der Waals surface area contributed by atoms with Gasteiger partial charge in [-0.05, 0) is 12.3 Å². The number of nitrogens with zero attached hydrogens (tertiary/aromatic N) is 2. The number of hydrogen-bond donors (Lipinski definition) is 0. The van der Waals surface area contributed by atoms with Crippen LogP contribution in [-0.2, 0) is 0 Å². The highest BCUT2D eigenvalue weighted by Gasteiger charge is 2.04. The Hall–Kier alpha value is -2.16. The number of rotatable bonds is 2. The zero-order valence-corrected chi connectivity index (χ0v) is 9.55. The lowest BCUT2D eigenvalue weighted by atomic mass is 10.1. The van der Waals surface area contributed by atoms with Gasteiger partial charge in [0.25, 0.3) is 0 Å². The van der Waals surface area contributed by atoms with Crippen LogP contribution in [-0.4, -0.2) is 16.6 Å². The van der Waals surface area contributed by atoms with E-state index in [1.54, 1.807) is 6.20 Å². The van der Waals surface area contributed by atoms with Gasteiger partial charge in [0.05, 0.1) is 12.1 Å². The Morgan fingerprint density at radius 2 is 1.88 bits per heavy atom. The van der Waals surface area contributed by atoms with Crippen molar-refractivity contribution in [3.05, 3.63) is 42.6 Å². The van der Waals surface area contributed by atoms with Gasteiger partial charge in [0, 0.05) is 17.0 Å². The Morgan fingerprint density at radius 3 is 2.76 bits per heavy atom. The van der Waals surface area contributed by atoms with Crippen molar-refractivity contribution >= 4 is 21.7 Å². The Labute approximate surface area is 99.1 Å². The van der Waals surface area contributed by atoms with Crippen LogP contribution in [0.2, 0.25) is 0 Å². The maximum absolute atomic E-state index is 5.34. The molecule has 0 radical (unpaired) electrons. The molecular weight excluding hydrogens is 212 g/mol. The van der Waals surface area contributed by atoms with Crippen LogP contribution in [0.1, 0.15) is 6.92 Å². The second-order valence-electron chi connectivity index (χ2n) is 3.81. The summed E-state index contributed by atoms with van der Waals surface area (Å²) in [5.74, 6) is 0. The van der Waals surface area contributed by atoms with E-state index in [0.29, 0.717) is 12.6 Å². The molecule has 3 aromatic rings. The predicted molar refractivity (Wildman–Crippen MR) is 68.2 cm³/mol. The van der Waals surface area contributed by atoms with Crippen LogP contribution in [0.25, 0.3) is 21.7 Å². The summed E-state index contributed by atoms with van der Waals surface area (Å²) in [6.45, 7) is 2.51. The first kappa shape index (κ1) is 10.0. The molecule has 0 saturated carbocycles. The summed E-state index contributed by atoms with van der Waals surface area (Å²) in [5, 5.41) is 3.35. The zero-order chi connectivity index (χ0) is 11.7. The minimum Gasteiger partial charge on any atom is -0.464 e. The Kier molecular flexibility index (Phi) is 2.37. The van der Waals surface area contributed by atoms with E-state index in [0.717, 1.165) is 16.3 Å². The van der Waals surface area contributed by atoms with E-state index in [2.05, 4.69) is 28.2 Å². The van der Waals surface area contributed by atoms with Gasteiger partial charge >= 0.3 is 6.01 Å². The van der Waals surface area contributed by atoms with Crippen LogP contribution in [0.15, 0.2) is 42.6 Å². The topological polar surface area (TPSA) is 35.0 Å². The van der Waals surface area contributed by atoms with Crippen LogP contribution < -0.4 is 4.74 Å². The molecule has 0 amide bonds. The van der Waals surface area contributed by atoms with Crippen molar-refractivity contribution in [2.45, 2.75) is 6.92 Å². The molecule has 0 saturated heterocycles. The van der Waals surface area contributed by atoms with Crippen molar-refractivity contribution in [2.75, 3.05) is 6.61 Å².